The van der Waals surface area contributed by atoms with E-state index >= 15 is 0 Å². The van der Waals surface area contributed by atoms with Crippen LogP contribution in [0.1, 0.15) is 50.0 Å². The quantitative estimate of drug-likeness (QED) is 0.924. The number of carbonyl (C=O) groups excluding carboxylic acids is 1. The van der Waals surface area contributed by atoms with Gasteiger partial charge in [-0.3, -0.25) is 4.79 Å². The minimum atomic E-state index is -0.0763. The van der Waals surface area contributed by atoms with Crippen molar-refractivity contribution in [2.24, 2.45) is 5.92 Å². The molecule has 1 atom stereocenters. The zero-order valence-corrected chi connectivity index (χ0v) is 14.6. The summed E-state index contributed by atoms with van der Waals surface area (Å²) < 4.78 is 6.52. The zero-order valence-electron chi connectivity index (χ0n) is 14.6. The Bertz CT molecular complexity index is 603. The molecule has 1 amide bonds. The number of nitrogens with one attached hydrogen (secondary N) is 1. The Morgan fingerprint density at radius 3 is 2.75 bits per heavy atom. The van der Waals surface area contributed by atoms with E-state index in [9.17, 15) is 4.79 Å². The normalized spacial score (nSPS) is 25.8. The molecular formula is C20H28N2O2. The molecule has 0 radical (unpaired) electrons. The molecule has 3 aliphatic rings. The van der Waals surface area contributed by atoms with E-state index in [-0.39, 0.29) is 17.4 Å². The van der Waals surface area contributed by atoms with Crippen LogP contribution in [0.2, 0.25) is 0 Å². The van der Waals surface area contributed by atoms with Gasteiger partial charge < -0.3 is 15.0 Å². The summed E-state index contributed by atoms with van der Waals surface area (Å²) in [6.07, 6.45) is 6.52. The van der Waals surface area contributed by atoms with E-state index in [1.54, 1.807) is 7.05 Å². The van der Waals surface area contributed by atoms with Gasteiger partial charge in [0.1, 0.15) is 11.4 Å². The second-order valence-electron chi connectivity index (χ2n) is 7.85. The van der Waals surface area contributed by atoms with Crippen molar-refractivity contribution < 1.29 is 9.53 Å². The van der Waals surface area contributed by atoms with E-state index in [4.69, 9.17) is 4.74 Å². The molecule has 1 saturated heterocycles. The van der Waals surface area contributed by atoms with Crippen LogP contribution in [0, 0.1) is 5.92 Å². The third-order valence-corrected chi connectivity index (χ3v) is 5.99. The highest BCUT2D eigenvalue weighted by Crippen LogP contribution is 2.46. The van der Waals surface area contributed by atoms with Gasteiger partial charge in [-0.2, -0.15) is 0 Å². The van der Waals surface area contributed by atoms with E-state index in [2.05, 4.69) is 28.4 Å². The van der Waals surface area contributed by atoms with Gasteiger partial charge in [0, 0.05) is 39.0 Å². The summed E-state index contributed by atoms with van der Waals surface area (Å²) in [4.78, 5) is 14.6. The molecule has 2 fully saturated rings. The number of likely N-dealkylation sites (tertiary alicyclic amines) is 1. The van der Waals surface area contributed by atoms with Crippen molar-refractivity contribution in [2.75, 3.05) is 26.7 Å². The van der Waals surface area contributed by atoms with Crippen LogP contribution in [0.3, 0.4) is 0 Å². The van der Waals surface area contributed by atoms with E-state index in [1.807, 2.05) is 6.07 Å². The fourth-order valence-corrected chi connectivity index (χ4v) is 4.37. The molecule has 4 heteroatoms. The molecular weight excluding hydrogens is 300 g/mol. The number of para-hydroxylation sites is 1. The molecule has 2 heterocycles. The maximum atomic E-state index is 12.0. The zero-order chi connectivity index (χ0) is 16.6. The standard InChI is InChI=1S/C20H28N2O2/c1-21-19(23)12-16-13-20(24-18-5-3-2-4-17(16)18)8-10-22(11-9-20)14-15-6-7-15/h2-5,15-16H,6-14H2,1H3,(H,21,23)/t16-/m0/s1. The van der Waals surface area contributed by atoms with E-state index in [1.165, 1.54) is 24.9 Å². The number of benzene rings is 1. The van der Waals surface area contributed by atoms with E-state index < -0.39 is 0 Å². The maximum Gasteiger partial charge on any atom is 0.220 e. The Kier molecular flexibility index (Phi) is 4.25. The third kappa shape index (κ3) is 3.30. The van der Waals surface area contributed by atoms with Crippen LogP contribution in [0.25, 0.3) is 0 Å². The molecule has 0 unspecified atom stereocenters. The molecule has 1 aromatic rings. The minimum absolute atomic E-state index is 0.0763. The van der Waals surface area contributed by atoms with Crippen LogP contribution in [-0.4, -0.2) is 43.1 Å². The SMILES string of the molecule is CNC(=O)C[C@H]1CC2(CCN(CC3CC3)CC2)Oc2ccccc21. The second kappa shape index (κ2) is 6.40. The smallest absolute Gasteiger partial charge is 0.220 e. The van der Waals surface area contributed by atoms with Crippen LogP contribution in [0.4, 0.5) is 0 Å². The Morgan fingerprint density at radius 2 is 2.04 bits per heavy atom. The predicted molar refractivity (Wildman–Crippen MR) is 94.2 cm³/mol. The number of nitrogens with zero attached hydrogens (tertiary/aromatic N) is 1. The minimum Gasteiger partial charge on any atom is -0.487 e. The lowest BCUT2D eigenvalue weighted by atomic mass is 9.76. The Labute approximate surface area is 144 Å². The van der Waals surface area contributed by atoms with Gasteiger partial charge in [0.2, 0.25) is 5.91 Å². The van der Waals surface area contributed by atoms with Crippen molar-refractivity contribution in [3.8, 4) is 5.75 Å². The van der Waals surface area contributed by atoms with Crippen molar-refractivity contribution in [3.05, 3.63) is 29.8 Å². The summed E-state index contributed by atoms with van der Waals surface area (Å²) in [5.74, 6) is 2.34. The number of amides is 1. The molecule has 2 aliphatic heterocycles. The Balaban J connectivity index is 1.49. The molecule has 1 spiro atoms. The number of piperidine rings is 1. The molecule has 1 saturated carbocycles. The van der Waals surface area contributed by atoms with Gasteiger partial charge in [0.05, 0.1) is 0 Å². The van der Waals surface area contributed by atoms with Crippen molar-refractivity contribution >= 4 is 5.91 Å². The van der Waals surface area contributed by atoms with Gasteiger partial charge >= 0.3 is 0 Å². The summed E-state index contributed by atoms with van der Waals surface area (Å²) in [5.41, 5.74) is 1.12. The number of hydrogen-bond acceptors (Lipinski definition) is 3. The van der Waals surface area contributed by atoms with Gasteiger partial charge in [0.25, 0.3) is 0 Å². The second-order valence-corrected chi connectivity index (χ2v) is 7.85. The molecule has 1 aliphatic carbocycles. The summed E-state index contributed by atoms with van der Waals surface area (Å²) in [7, 11) is 1.72. The molecule has 1 aromatic carbocycles. The number of fused-ring (bicyclic) bond motifs is 1. The highest BCUT2D eigenvalue weighted by atomic mass is 16.5. The predicted octanol–water partition coefficient (Wildman–Crippen LogP) is 2.93. The fraction of sp³-hybridized carbons (Fsp3) is 0.650. The number of rotatable bonds is 4. The number of carbonyl (C=O) groups is 1. The molecule has 0 aromatic heterocycles. The Hall–Kier alpha value is -1.55. The largest absolute Gasteiger partial charge is 0.487 e. The summed E-state index contributed by atoms with van der Waals surface area (Å²) in [5, 5.41) is 2.78. The summed E-state index contributed by atoms with van der Waals surface area (Å²) in [6.45, 7) is 3.53. The van der Waals surface area contributed by atoms with Crippen LogP contribution >= 0.6 is 0 Å². The lowest BCUT2D eigenvalue weighted by Crippen LogP contribution is -2.51. The van der Waals surface area contributed by atoms with E-state index in [0.29, 0.717) is 6.42 Å². The molecule has 1 N–H and O–H groups in total. The summed E-state index contributed by atoms with van der Waals surface area (Å²) in [6, 6.07) is 8.29. The van der Waals surface area contributed by atoms with Crippen LogP contribution in [0.15, 0.2) is 24.3 Å². The fourth-order valence-electron chi connectivity index (χ4n) is 4.37. The lowest BCUT2D eigenvalue weighted by Gasteiger charge is -2.47. The molecule has 4 nitrogen and oxygen atoms in total. The first-order chi connectivity index (χ1) is 11.7. The molecule has 4 rings (SSSR count). The number of hydrogen-bond donors (Lipinski definition) is 1. The van der Waals surface area contributed by atoms with Crippen LogP contribution < -0.4 is 10.1 Å². The van der Waals surface area contributed by atoms with Gasteiger partial charge in [0.15, 0.2) is 0 Å². The van der Waals surface area contributed by atoms with Crippen LogP contribution in [-0.2, 0) is 4.79 Å². The highest BCUT2D eigenvalue weighted by Gasteiger charge is 2.44. The first-order valence-corrected chi connectivity index (χ1v) is 9.38. The van der Waals surface area contributed by atoms with Crippen molar-refractivity contribution in [3.63, 3.8) is 0 Å². The average Bonchev–Trinajstić information content (AvgIpc) is 3.41. The van der Waals surface area contributed by atoms with Crippen LogP contribution in [0.5, 0.6) is 5.75 Å². The maximum absolute atomic E-state index is 12.0. The van der Waals surface area contributed by atoms with Gasteiger partial charge in [-0.25, -0.2) is 0 Å². The molecule has 130 valence electrons. The number of ether oxygens (including phenoxy) is 1. The van der Waals surface area contributed by atoms with E-state index in [0.717, 1.165) is 44.0 Å². The molecule has 0 bridgehead atoms. The Morgan fingerprint density at radius 1 is 1.29 bits per heavy atom. The lowest BCUT2D eigenvalue weighted by molar-refractivity contribution is -0.121. The topological polar surface area (TPSA) is 41.6 Å². The van der Waals surface area contributed by atoms with Crippen molar-refractivity contribution in [1.82, 2.24) is 10.2 Å². The summed E-state index contributed by atoms with van der Waals surface area (Å²) >= 11 is 0. The first-order valence-electron chi connectivity index (χ1n) is 9.38. The van der Waals surface area contributed by atoms with Gasteiger partial charge in [-0.1, -0.05) is 18.2 Å². The highest BCUT2D eigenvalue weighted by molar-refractivity contribution is 5.76. The monoisotopic (exact) mass is 328 g/mol. The van der Waals surface area contributed by atoms with Gasteiger partial charge in [-0.15, -0.1) is 0 Å². The first kappa shape index (κ1) is 15.9. The van der Waals surface area contributed by atoms with Crippen molar-refractivity contribution in [2.45, 2.75) is 50.0 Å². The van der Waals surface area contributed by atoms with Gasteiger partial charge in [-0.05, 0) is 49.7 Å². The third-order valence-electron chi connectivity index (χ3n) is 5.99. The van der Waals surface area contributed by atoms with Crippen molar-refractivity contribution in [1.29, 1.82) is 0 Å². The average molecular weight is 328 g/mol. The molecule has 24 heavy (non-hydrogen) atoms.